The molecule has 1 unspecified atom stereocenters. The van der Waals surface area contributed by atoms with Gasteiger partial charge in [-0.3, -0.25) is 0 Å². The summed E-state index contributed by atoms with van der Waals surface area (Å²) in [5, 5.41) is 5.65. The highest BCUT2D eigenvalue weighted by Gasteiger charge is 2.17. The lowest BCUT2D eigenvalue weighted by Gasteiger charge is -2.22. The van der Waals surface area contributed by atoms with Crippen LogP contribution in [-0.4, -0.2) is 12.3 Å². The molecular formula is C27H28P2. The average Bonchev–Trinajstić information content (AvgIpc) is 2.80. The summed E-state index contributed by atoms with van der Waals surface area (Å²) >= 11 is 0. The lowest BCUT2D eigenvalue weighted by atomic mass is 10.4. The van der Waals surface area contributed by atoms with E-state index in [-0.39, 0.29) is 7.92 Å². The first-order chi connectivity index (χ1) is 14.3. The predicted octanol–water partition coefficient (Wildman–Crippen LogP) is 6.57. The van der Waals surface area contributed by atoms with E-state index < -0.39 is 7.92 Å². The van der Waals surface area contributed by atoms with Gasteiger partial charge in [-0.15, -0.1) is 0 Å². The summed E-state index contributed by atoms with van der Waals surface area (Å²) in [4.78, 5) is 0. The Balaban J connectivity index is 1.80. The summed E-state index contributed by atoms with van der Waals surface area (Å²) in [5.74, 6) is 0. The molecule has 3 aromatic rings. The quantitative estimate of drug-likeness (QED) is 0.260. The second-order valence-electron chi connectivity index (χ2n) is 6.69. The van der Waals surface area contributed by atoms with Crippen LogP contribution in [-0.2, 0) is 0 Å². The fraction of sp³-hybridized carbons (Fsp3) is 0.111. The highest BCUT2D eigenvalue weighted by Crippen LogP contribution is 2.46. The molecule has 0 heterocycles. The Hall–Kier alpha value is -2.26. The second-order valence-corrected chi connectivity index (χ2v) is 11.4. The van der Waals surface area contributed by atoms with Gasteiger partial charge in [0, 0.05) is 0 Å². The molecule has 0 bridgehead atoms. The number of hydrogen-bond donors (Lipinski definition) is 0. The maximum Gasteiger partial charge on any atom is -0.0195 e. The van der Waals surface area contributed by atoms with Gasteiger partial charge in [0.2, 0.25) is 0 Å². The van der Waals surface area contributed by atoms with Crippen molar-refractivity contribution >= 4 is 31.8 Å². The minimum Gasteiger partial charge on any atom is -0.0990 e. The zero-order valence-electron chi connectivity index (χ0n) is 16.8. The Bertz CT molecular complexity index is 875. The van der Waals surface area contributed by atoms with Crippen LogP contribution in [0, 0.1) is 0 Å². The monoisotopic (exact) mass is 414 g/mol. The molecule has 3 aromatic carbocycles. The van der Waals surface area contributed by atoms with Crippen LogP contribution < -0.4 is 15.9 Å². The first kappa shape index (κ1) is 21.4. The second kappa shape index (κ2) is 11.7. The number of rotatable bonds is 10. The topological polar surface area (TPSA) is 0 Å². The van der Waals surface area contributed by atoms with Gasteiger partial charge in [0.05, 0.1) is 0 Å². The summed E-state index contributed by atoms with van der Waals surface area (Å²) in [6.07, 6.45) is 9.59. The standard InChI is InChI=1S/C27H28P2/c1-3-15-24(4-2)28(25-16-8-5-9-17-25)22-14-23-29(26-18-10-6-11-19-26)27-20-12-7-13-21-27/h3-13,15-21H,1-2,14,22-23H2/b24-15+. The van der Waals surface area contributed by atoms with Crippen molar-refractivity contribution in [2.75, 3.05) is 12.3 Å². The SMILES string of the molecule is C=C/C=C(\C=C)P(CCCP(c1ccccc1)c1ccccc1)c1ccccc1. The lowest BCUT2D eigenvalue weighted by Crippen LogP contribution is -2.15. The minimum atomic E-state index is -0.411. The maximum atomic E-state index is 4.07. The van der Waals surface area contributed by atoms with Crippen molar-refractivity contribution in [3.8, 4) is 0 Å². The molecule has 29 heavy (non-hydrogen) atoms. The molecule has 2 heteroatoms. The third kappa shape index (κ3) is 6.11. The summed E-state index contributed by atoms with van der Waals surface area (Å²) < 4.78 is 0. The molecule has 0 aromatic heterocycles. The molecule has 0 amide bonds. The molecule has 0 saturated heterocycles. The van der Waals surface area contributed by atoms with Crippen LogP contribution in [0.25, 0.3) is 0 Å². The molecule has 0 saturated carbocycles. The lowest BCUT2D eigenvalue weighted by molar-refractivity contribution is 1.11. The molecule has 0 nitrogen and oxygen atoms in total. The van der Waals surface area contributed by atoms with Crippen molar-refractivity contribution in [2.24, 2.45) is 0 Å². The van der Waals surface area contributed by atoms with Gasteiger partial charge in [-0.25, -0.2) is 0 Å². The van der Waals surface area contributed by atoms with Crippen molar-refractivity contribution in [1.82, 2.24) is 0 Å². The van der Waals surface area contributed by atoms with E-state index in [4.69, 9.17) is 0 Å². The summed E-state index contributed by atoms with van der Waals surface area (Å²) in [7, 11) is -0.748. The third-order valence-corrected chi connectivity index (χ3v) is 10.0. The van der Waals surface area contributed by atoms with E-state index in [1.54, 1.807) is 0 Å². The average molecular weight is 414 g/mol. The Morgan fingerprint density at radius 3 is 1.59 bits per heavy atom. The van der Waals surface area contributed by atoms with Crippen LogP contribution in [0.2, 0.25) is 0 Å². The number of hydrogen-bond acceptors (Lipinski definition) is 0. The van der Waals surface area contributed by atoms with Gasteiger partial charge in [-0.05, 0) is 55.8 Å². The van der Waals surface area contributed by atoms with Crippen LogP contribution in [0.3, 0.4) is 0 Å². The molecule has 0 aliphatic rings. The first-order valence-electron chi connectivity index (χ1n) is 9.99. The van der Waals surface area contributed by atoms with Gasteiger partial charge in [0.15, 0.2) is 0 Å². The molecule has 0 radical (unpaired) electrons. The molecule has 0 N–H and O–H groups in total. The van der Waals surface area contributed by atoms with Gasteiger partial charge >= 0.3 is 0 Å². The van der Waals surface area contributed by atoms with Crippen LogP contribution in [0.1, 0.15) is 6.42 Å². The Kier molecular flexibility index (Phi) is 8.63. The summed E-state index contributed by atoms with van der Waals surface area (Å²) in [5.41, 5.74) is 0. The largest absolute Gasteiger partial charge is 0.0990 e. The zero-order valence-corrected chi connectivity index (χ0v) is 18.6. The molecular weight excluding hydrogens is 386 g/mol. The van der Waals surface area contributed by atoms with E-state index >= 15 is 0 Å². The smallest absolute Gasteiger partial charge is 0.0195 e. The minimum absolute atomic E-state index is 0.337. The van der Waals surface area contributed by atoms with Crippen molar-refractivity contribution in [1.29, 1.82) is 0 Å². The highest BCUT2D eigenvalue weighted by atomic mass is 31.1. The Morgan fingerprint density at radius 1 is 0.655 bits per heavy atom. The van der Waals surface area contributed by atoms with Crippen LogP contribution >= 0.6 is 15.8 Å². The van der Waals surface area contributed by atoms with E-state index in [0.717, 1.165) is 0 Å². The van der Waals surface area contributed by atoms with E-state index in [1.165, 1.54) is 40.0 Å². The normalized spacial score (nSPS) is 12.5. The zero-order chi connectivity index (χ0) is 20.3. The molecule has 1 atom stereocenters. The van der Waals surface area contributed by atoms with Crippen molar-refractivity contribution in [2.45, 2.75) is 6.42 Å². The Labute approximate surface area is 178 Å². The van der Waals surface area contributed by atoms with Crippen LogP contribution in [0.4, 0.5) is 0 Å². The summed E-state index contributed by atoms with van der Waals surface area (Å²) in [6.45, 7) is 7.97. The Morgan fingerprint density at radius 2 is 1.14 bits per heavy atom. The molecule has 0 aliphatic heterocycles. The maximum absolute atomic E-state index is 4.07. The van der Waals surface area contributed by atoms with Gasteiger partial charge in [0.1, 0.15) is 0 Å². The molecule has 146 valence electrons. The molecule has 3 rings (SSSR count). The molecule has 0 fully saturated rings. The van der Waals surface area contributed by atoms with Crippen molar-refractivity contribution in [3.63, 3.8) is 0 Å². The van der Waals surface area contributed by atoms with Crippen LogP contribution in [0.15, 0.2) is 128 Å². The van der Waals surface area contributed by atoms with E-state index in [2.05, 4.69) is 110 Å². The van der Waals surface area contributed by atoms with E-state index in [9.17, 15) is 0 Å². The number of allylic oxidation sites excluding steroid dienone is 4. The highest BCUT2D eigenvalue weighted by molar-refractivity contribution is 7.73. The van der Waals surface area contributed by atoms with Gasteiger partial charge in [0.25, 0.3) is 0 Å². The third-order valence-electron chi connectivity index (χ3n) is 4.78. The van der Waals surface area contributed by atoms with Gasteiger partial charge in [-0.2, -0.15) is 0 Å². The summed E-state index contributed by atoms with van der Waals surface area (Å²) in [6, 6.07) is 32.9. The first-order valence-corrected chi connectivity index (χ1v) is 13.0. The predicted molar refractivity (Wildman–Crippen MR) is 135 cm³/mol. The van der Waals surface area contributed by atoms with Crippen molar-refractivity contribution < 1.29 is 0 Å². The van der Waals surface area contributed by atoms with E-state index in [1.807, 2.05) is 12.2 Å². The van der Waals surface area contributed by atoms with Crippen LogP contribution in [0.5, 0.6) is 0 Å². The fourth-order valence-corrected chi connectivity index (χ4v) is 8.34. The van der Waals surface area contributed by atoms with Crippen molar-refractivity contribution in [3.05, 3.63) is 128 Å². The molecule has 0 spiro atoms. The van der Waals surface area contributed by atoms with Gasteiger partial charge in [-0.1, -0.05) is 122 Å². The fourth-order valence-electron chi connectivity index (χ4n) is 3.41. The van der Waals surface area contributed by atoms with E-state index in [0.29, 0.717) is 0 Å². The number of benzene rings is 3. The molecule has 0 aliphatic carbocycles. The van der Waals surface area contributed by atoms with Gasteiger partial charge < -0.3 is 0 Å².